The van der Waals surface area contributed by atoms with Crippen LogP contribution < -0.4 is 5.32 Å². The SMILES string of the molecule is CC(C)=CCCC(C)CC(=O)Nc1ccncc1. The molecule has 98 valence electrons. The first-order valence-electron chi connectivity index (χ1n) is 6.41. The van der Waals surface area contributed by atoms with Crippen LogP contribution in [0.15, 0.2) is 36.2 Å². The number of allylic oxidation sites excluding steroid dienone is 2. The van der Waals surface area contributed by atoms with E-state index in [-0.39, 0.29) is 5.91 Å². The molecule has 1 amide bonds. The van der Waals surface area contributed by atoms with Crippen molar-refractivity contribution in [3.8, 4) is 0 Å². The highest BCUT2D eigenvalue weighted by atomic mass is 16.1. The fraction of sp³-hybridized carbons (Fsp3) is 0.467. The van der Waals surface area contributed by atoms with Gasteiger partial charge in [0.25, 0.3) is 0 Å². The van der Waals surface area contributed by atoms with Crippen LogP contribution in [-0.2, 0) is 4.79 Å². The highest BCUT2D eigenvalue weighted by Gasteiger charge is 2.08. The van der Waals surface area contributed by atoms with Crippen molar-refractivity contribution in [1.29, 1.82) is 0 Å². The van der Waals surface area contributed by atoms with Crippen molar-refractivity contribution in [3.05, 3.63) is 36.2 Å². The Bertz CT molecular complexity index is 394. The first-order valence-corrected chi connectivity index (χ1v) is 6.41. The first kappa shape index (κ1) is 14.4. The fourth-order valence-corrected chi connectivity index (χ4v) is 1.72. The van der Waals surface area contributed by atoms with E-state index < -0.39 is 0 Å². The largest absolute Gasteiger partial charge is 0.326 e. The van der Waals surface area contributed by atoms with Gasteiger partial charge in [-0.3, -0.25) is 9.78 Å². The molecule has 0 aromatic carbocycles. The quantitative estimate of drug-likeness (QED) is 0.776. The van der Waals surface area contributed by atoms with Crippen LogP contribution in [0.3, 0.4) is 0 Å². The molecule has 1 atom stereocenters. The predicted octanol–water partition coefficient (Wildman–Crippen LogP) is 3.79. The Kier molecular flexibility index (Phi) is 6.12. The second-order valence-electron chi connectivity index (χ2n) is 4.95. The van der Waals surface area contributed by atoms with E-state index in [1.807, 2.05) is 0 Å². The van der Waals surface area contributed by atoms with Crippen LogP contribution in [0.1, 0.15) is 40.0 Å². The molecule has 1 aromatic heterocycles. The lowest BCUT2D eigenvalue weighted by Crippen LogP contribution is -2.15. The van der Waals surface area contributed by atoms with Crippen LogP contribution in [0.25, 0.3) is 0 Å². The van der Waals surface area contributed by atoms with Crippen LogP contribution in [0.2, 0.25) is 0 Å². The summed E-state index contributed by atoms with van der Waals surface area (Å²) in [7, 11) is 0. The Hall–Kier alpha value is -1.64. The van der Waals surface area contributed by atoms with E-state index >= 15 is 0 Å². The van der Waals surface area contributed by atoms with Gasteiger partial charge >= 0.3 is 0 Å². The summed E-state index contributed by atoms with van der Waals surface area (Å²) >= 11 is 0. The highest BCUT2D eigenvalue weighted by Crippen LogP contribution is 2.13. The number of anilines is 1. The Morgan fingerprint density at radius 2 is 2.06 bits per heavy atom. The van der Waals surface area contributed by atoms with Crippen LogP contribution in [0.5, 0.6) is 0 Å². The van der Waals surface area contributed by atoms with Crippen molar-refractivity contribution in [2.45, 2.75) is 40.0 Å². The molecule has 0 aliphatic rings. The van der Waals surface area contributed by atoms with Crippen molar-refractivity contribution < 1.29 is 4.79 Å². The summed E-state index contributed by atoms with van der Waals surface area (Å²) in [5.41, 5.74) is 2.15. The minimum absolute atomic E-state index is 0.0749. The second kappa shape index (κ2) is 7.64. The molecule has 3 heteroatoms. The minimum atomic E-state index is 0.0749. The standard InChI is InChI=1S/C15H22N2O/c1-12(2)5-4-6-13(3)11-15(18)17-14-7-9-16-10-8-14/h5,7-10,13H,4,6,11H2,1-3H3,(H,16,17,18). The van der Waals surface area contributed by atoms with Crippen molar-refractivity contribution in [2.75, 3.05) is 5.32 Å². The average molecular weight is 246 g/mol. The van der Waals surface area contributed by atoms with E-state index in [0.29, 0.717) is 12.3 Å². The maximum Gasteiger partial charge on any atom is 0.224 e. The summed E-state index contributed by atoms with van der Waals surface area (Å²) in [6.07, 6.45) is 8.24. The topological polar surface area (TPSA) is 42.0 Å². The third-order valence-electron chi connectivity index (χ3n) is 2.71. The van der Waals surface area contributed by atoms with Gasteiger partial charge in [-0.1, -0.05) is 18.6 Å². The van der Waals surface area contributed by atoms with Gasteiger partial charge in [0.2, 0.25) is 5.91 Å². The molecular formula is C15H22N2O. The molecule has 1 unspecified atom stereocenters. The molecule has 18 heavy (non-hydrogen) atoms. The summed E-state index contributed by atoms with van der Waals surface area (Å²) in [5, 5.41) is 2.88. The van der Waals surface area contributed by atoms with Gasteiger partial charge in [-0.25, -0.2) is 0 Å². The molecule has 3 nitrogen and oxygen atoms in total. The van der Waals surface area contributed by atoms with Crippen LogP contribution in [0.4, 0.5) is 5.69 Å². The molecule has 1 aromatic rings. The zero-order chi connectivity index (χ0) is 13.4. The number of hydrogen-bond acceptors (Lipinski definition) is 2. The normalized spacial score (nSPS) is 11.7. The second-order valence-corrected chi connectivity index (χ2v) is 4.95. The fourth-order valence-electron chi connectivity index (χ4n) is 1.72. The maximum atomic E-state index is 11.8. The highest BCUT2D eigenvalue weighted by molar-refractivity contribution is 5.90. The predicted molar refractivity (Wildman–Crippen MR) is 75.3 cm³/mol. The Morgan fingerprint density at radius 3 is 2.67 bits per heavy atom. The number of amides is 1. The molecule has 0 bridgehead atoms. The summed E-state index contributed by atoms with van der Waals surface area (Å²) in [5.74, 6) is 0.480. The minimum Gasteiger partial charge on any atom is -0.326 e. The molecule has 0 aliphatic carbocycles. The van der Waals surface area contributed by atoms with E-state index in [4.69, 9.17) is 0 Å². The number of carbonyl (C=O) groups is 1. The van der Waals surface area contributed by atoms with Gasteiger partial charge in [0.05, 0.1) is 0 Å². The third kappa shape index (κ3) is 6.18. The lowest BCUT2D eigenvalue weighted by Gasteiger charge is -2.10. The summed E-state index contributed by atoms with van der Waals surface area (Å²) in [6, 6.07) is 3.59. The molecule has 0 aliphatic heterocycles. The molecule has 0 saturated carbocycles. The van der Waals surface area contributed by atoms with Crippen LogP contribution in [0, 0.1) is 5.92 Å². The third-order valence-corrected chi connectivity index (χ3v) is 2.71. The zero-order valence-corrected chi connectivity index (χ0v) is 11.4. The molecule has 1 heterocycles. The van der Waals surface area contributed by atoms with Gasteiger partial charge in [0, 0.05) is 24.5 Å². The van der Waals surface area contributed by atoms with Crippen molar-refractivity contribution >= 4 is 11.6 Å². The average Bonchev–Trinajstić information content (AvgIpc) is 2.29. The van der Waals surface area contributed by atoms with Gasteiger partial charge in [-0.15, -0.1) is 0 Å². The van der Waals surface area contributed by atoms with E-state index in [2.05, 4.69) is 37.1 Å². The lowest BCUT2D eigenvalue weighted by molar-refractivity contribution is -0.117. The van der Waals surface area contributed by atoms with Crippen molar-refractivity contribution in [2.24, 2.45) is 5.92 Å². The molecule has 0 saturated heterocycles. The summed E-state index contributed by atoms with van der Waals surface area (Å²) < 4.78 is 0. The molecule has 0 radical (unpaired) electrons. The monoisotopic (exact) mass is 246 g/mol. The number of hydrogen-bond donors (Lipinski definition) is 1. The zero-order valence-electron chi connectivity index (χ0n) is 11.4. The number of pyridine rings is 1. The number of rotatable bonds is 6. The maximum absolute atomic E-state index is 11.8. The molecule has 0 spiro atoms. The number of aromatic nitrogens is 1. The van der Waals surface area contributed by atoms with E-state index in [1.165, 1.54) is 5.57 Å². The van der Waals surface area contributed by atoms with Crippen LogP contribution in [-0.4, -0.2) is 10.9 Å². The number of carbonyl (C=O) groups excluding carboxylic acids is 1. The molecule has 1 rings (SSSR count). The van der Waals surface area contributed by atoms with E-state index in [0.717, 1.165) is 18.5 Å². The number of nitrogens with zero attached hydrogens (tertiary/aromatic N) is 1. The van der Waals surface area contributed by atoms with Crippen LogP contribution >= 0.6 is 0 Å². The van der Waals surface area contributed by atoms with Gasteiger partial charge in [0.15, 0.2) is 0 Å². The summed E-state index contributed by atoms with van der Waals surface area (Å²) in [4.78, 5) is 15.7. The van der Waals surface area contributed by atoms with E-state index in [1.54, 1.807) is 24.5 Å². The molecule has 1 N–H and O–H groups in total. The van der Waals surface area contributed by atoms with Gasteiger partial charge < -0.3 is 5.32 Å². The number of nitrogens with one attached hydrogen (secondary N) is 1. The Labute approximate surface area is 109 Å². The van der Waals surface area contributed by atoms with Gasteiger partial charge in [-0.2, -0.15) is 0 Å². The van der Waals surface area contributed by atoms with Gasteiger partial charge in [-0.05, 0) is 44.7 Å². The Balaban J connectivity index is 2.29. The first-order chi connectivity index (χ1) is 8.58. The Morgan fingerprint density at radius 1 is 1.39 bits per heavy atom. The molecule has 0 fully saturated rings. The van der Waals surface area contributed by atoms with Crippen molar-refractivity contribution in [1.82, 2.24) is 4.98 Å². The van der Waals surface area contributed by atoms with Gasteiger partial charge in [0.1, 0.15) is 0 Å². The van der Waals surface area contributed by atoms with E-state index in [9.17, 15) is 4.79 Å². The lowest BCUT2D eigenvalue weighted by atomic mass is 10.0. The smallest absolute Gasteiger partial charge is 0.224 e. The molecular weight excluding hydrogens is 224 g/mol. The van der Waals surface area contributed by atoms with Crippen molar-refractivity contribution in [3.63, 3.8) is 0 Å². The summed E-state index contributed by atoms with van der Waals surface area (Å²) in [6.45, 7) is 6.31.